The molecule has 182 valence electrons. The summed E-state index contributed by atoms with van der Waals surface area (Å²) in [7, 11) is 1.36. The molecule has 1 aromatic heterocycles. The van der Waals surface area contributed by atoms with E-state index in [1.807, 2.05) is 36.4 Å². The van der Waals surface area contributed by atoms with Crippen molar-refractivity contribution in [2.45, 2.75) is 24.8 Å². The van der Waals surface area contributed by atoms with Gasteiger partial charge in [0, 0.05) is 18.4 Å². The van der Waals surface area contributed by atoms with Crippen molar-refractivity contribution in [1.29, 1.82) is 0 Å². The quantitative estimate of drug-likeness (QED) is 0.413. The molecule has 35 heavy (non-hydrogen) atoms. The maximum absolute atomic E-state index is 12.4. The lowest BCUT2D eigenvalue weighted by atomic mass is 9.98. The highest BCUT2D eigenvalue weighted by atomic mass is 32.1. The van der Waals surface area contributed by atoms with Crippen LogP contribution < -0.4 is 10.6 Å². The summed E-state index contributed by atoms with van der Waals surface area (Å²) in [6.45, 7) is 1.36. The first-order chi connectivity index (χ1) is 16.8. The van der Waals surface area contributed by atoms with Crippen molar-refractivity contribution in [3.63, 3.8) is 0 Å². The average Bonchev–Trinajstić information content (AvgIpc) is 3.39. The van der Waals surface area contributed by atoms with E-state index in [0.717, 1.165) is 33.6 Å². The number of amides is 2. The van der Waals surface area contributed by atoms with E-state index >= 15 is 0 Å². The van der Waals surface area contributed by atoms with Gasteiger partial charge in [-0.2, -0.15) is 0 Å². The van der Waals surface area contributed by atoms with Crippen LogP contribution in [0.25, 0.3) is 11.1 Å². The number of benzene rings is 2. The molecular weight excluding hydrogens is 470 g/mol. The zero-order chi connectivity index (χ0) is 25.0. The van der Waals surface area contributed by atoms with Crippen LogP contribution in [0.4, 0.5) is 9.93 Å². The Morgan fingerprint density at radius 1 is 1.09 bits per heavy atom. The van der Waals surface area contributed by atoms with Gasteiger partial charge in [0.25, 0.3) is 0 Å². The lowest BCUT2D eigenvalue weighted by molar-refractivity contribution is -0.149. The van der Waals surface area contributed by atoms with Crippen LogP contribution in [-0.4, -0.2) is 53.9 Å². The van der Waals surface area contributed by atoms with E-state index in [1.165, 1.54) is 14.0 Å². The minimum absolute atomic E-state index is 0.0562. The number of hydrogen-bond acceptors (Lipinski definition) is 7. The van der Waals surface area contributed by atoms with E-state index in [2.05, 4.69) is 27.8 Å². The van der Waals surface area contributed by atoms with Crippen molar-refractivity contribution >= 4 is 34.4 Å². The van der Waals surface area contributed by atoms with Gasteiger partial charge in [0.15, 0.2) is 10.7 Å². The number of aromatic nitrogens is 1. The van der Waals surface area contributed by atoms with Crippen molar-refractivity contribution in [3.05, 3.63) is 70.7 Å². The van der Waals surface area contributed by atoms with Crippen LogP contribution in [0, 0.1) is 0 Å². The second kappa shape index (κ2) is 10.2. The number of methoxy groups -OCH3 is 1. The number of carbonyl (C=O) groups is 3. The molecule has 9 nitrogen and oxygen atoms in total. The first kappa shape index (κ1) is 24.4. The second-order valence-corrected chi connectivity index (χ2v) is 9.25. The zero-order valence-electron chi connectivity index (χ0n) is 19.2. The molecule has 2 aromatic carbocycles. The van der Waals surface area contributed by atoms with Crippen LogP contribution >= 0.6 is 11.3 Å². The number of aliphatic carboxylic acids is 1. The fourth-order valence-electron chi connectivity index (χ4n) is 4.12. The number of thiazole rings is 1. The molecule has 4 rings (SSSR count). The normalized spacial score (nSPS) is 13.9. The van der Waals surface area contributed by atoms with Crippen LogP contribution in [0.1, 0.15) is 29.7 Å². The molecule has 1 aliphatic carbocycles. The van der Waals surface area contributed by atoms with Crippen LogP contribution in [0.3, 0.4) is 0 Å². The number of carbonyl (C=O) groups excluding carboxylic acids is 2. The zero-order valence-corrected chi connectivity index (χ0v) is 20.1. The molecule has 3 aromatic rings. The molecule has 0 spiro atoms. The molecule has 0 aliphatic heterocycles. The van der Waals surface area contributed by atoms with E-state index in [4.69, 9.17) is 9.47 Å². The van der Waals surface area contributed by atoms with Gasteiger partial charge in [-0.25, -0.2) is 14.6 Å². The Bertz CT molecular complexity index is 1210. The van der Waals surface area contributed by atoms with E-state index in [1.54, 1.807) is 5.38 Å². The summed E-state index contributed by atoms with van der Waals surface area (Å²) in [5.74, 6) is -1.78. The summed E-state index contributed by atoms with van der Waals surface area (Å²) in [6, 6.07) is 16.1. The predicted molar refractivity (Wildman–Crippen MR) is 131 cm³/mol. The Morgan fingerprint density at radius 3 is 2.31 bits per heavy atom. The van der Waals surface area contributed by atoms with E-state index < -0.39 is 23.5 Å². The predicted octanol–water partition coefficient (Wildman–Crippen LogP) is 3.65. The smallest absolute Gasteiger partial charge is 0.413 e. The van der Waals surface area contributed by atoms with Crippen LogP contribution in [0.5, 0.6) is 0 Å². The molecule has 0 saturated carbocycles. The summed E-state index contributed by atoms with van der Waals surface area (Å²) in [5, 5.41) is 16.3. The van der Waals surface area contributed by atoms with Gasteiger partial charge in [-0.1, -0.05) is 48.5 Å². The van der Waals surface area contributed by atoms with Crippen molar-refractivity contribution < 1.29 is 29.0 Å². The lowest BCUT2D eigenvalue weighted by Crippen LogP contribution is -2.55. The first-order valence-electron chi connectivity index (χ1n) is 10.9. The standard InChI is InChI=1S/C25H25N3O6S/c1-25(14-33-2,22(30)31)28-21(29)11-15-13-35-23(26-15)27-24(32)34-12-20-18-9-5-3-7-16(18)17-8-4-6-10-19(17)20/h3-10,13,20H,11-12,14H2,1-2H3,(H,28,29)(H,30,31)(H,26,27,32). The minimum Gasteiger partial charge on any atom is -0.479 e. The molecule has 1 aliphatic rings. The highest BCUT2D eigenvalue weighted by Gasteiger charge is 2.35. The number of carboxylic acid groups (broad SMARTS) is 1. The monoisotopic (exact) mass is 495 g/mol. The molecule has 1 atom stereocenters. The molecule has 2 amide bonds. The molecular formula is C25H25N3O6S. The maximum atomic E-state index is 12.4. The van der Waals surface area contributed by atoms with Crippen LogP contribution in [0.2, 0.25) is 0 Å². The largest absolute Gasteiger partial charge is 0.479 e. The molecule has 0 fully saturated rings. The van der Waals surface area contributed by atoms with E-state index in [-0.39, 0.29) is 30.7 Å². The Balaban J connectivity index is 1.33. The SMILES string of the molecule is COCC(C)(NC(=O)Cc1csc(NC(=O)OCC2c3ccccc3-c3ccccc32)n1)C(=O)O. The number of rotatable bonds is 9. The highest BCUT2D eigenvalue weighted by molar-refractivity contribution is 7.13. The number of anilines is 1. The maximum Gasteiger partial charge on any atom is 0.413 e. The minimum atomic E-state index is -1.55. The van der Waals surface area contributed by atoms with Gasteiger partial charge >= 0.3 is 12.1 Å². The Hall–Kier alpha value is -3.76. The third-order valence-corrected chi connectivity index (χ3v) is 6.57. The topological polar surface area (TPSA) is 127 Å². The van der Waals surface area contributed by atoms with Crippen molar-refractivity contribution in [3.8, 4) is 11.1 Å². The molecule has 3 N–H and O–H groups in total. The Kier molecular flexibility index (Phi) is 7.13. The summed E-state index contributed by atoms with van der Waals surface area (Å²) < 4.78 is 10.4. The van der Waals surface area contributed by atoms with Crippen molar-refractivity contribution in [2.24, 2.45) is 0 Å². The van der Waals surface area contributed by atoms with E-state index in [9.17, 15) is 19.5 Å². The van der Waals surface area contributed by atoms with Gasteiger partial charge in [-0.3, -0.25) is 10.1 Å². The molecule has 1 unspecified atom stereocenters. The molecule has 10 heteroatoms. The molecule has 0 radical (unpaired) electrons. The van der Waals surface area contributed by atoms with Gasteiger partial charge in [-0.05, 0) is 29.2 Å². The fraction of sp³-hybridized carbons (Fsp3) is 0.280. The number of carboxylic acids is 1. The summed E-state index contributed by atoms with van der Waals surface area (Å²) in [5.41, 5.74) is 3.36. The van der Waals surface area contributed by atoms with Crippen molar-refractivity contribution in [2.75, 3.05) is 25.6 Å². The third kappa shape index (κ3) is 5.33. The van der Waals surface area contributed by atoms with Crippen LogP contribution in [0.15, 0.2) is 53.9 Å². The first-order valence-corrected chi connectivity index (χ1v) is 11.8. The number of nitrogens with one attached hydrogen (secondary N) is 2. The Labute approximate surface area is 206 Å². The average molecular weight is 496 g/mol. The summed E-state index contributed by atoms with van der Waals surface area (Å²) >= 11 is 1.15. The van der Waals surface area contributed by atoms with Gasteiger partial charge in [0.1, 0.15) is 6.61 Å². The van der Waals surface area contributed by atoms with Crippen LogP contribution in [-0.2, 0) is 25.5 Å². The van der Waals surface area contributed by atoms with E-state index in [0.29, 0.717) is 5.69 Å². The summed E-state index contributed by atoms with van der Waals surface area (Å²) in [4.78, 5) is 40.4. The molecule has 0 saturated heterocycles. The Morgan fingerprint density at radius 2 is 1.71 bits per heavy atom. The van der Waals surface area contributed by atoms with Gasteiger partial charge in [-0.15, -0.1) is 11.3 Å². The third-order valence-electron chi connectivity index (χ3n) is 5.77. The van der Waals surface area contributed by atoms with Gasteiger partial charge < -0.3 is 19.9 Å². The van der Waals surface area contributed by atoms with Gasteiger partial charge in [0.05, 0.1) is 18.7 Å². The number of hydrogen-bond donors (Lipinski definition) is 3. The molecule has 0 bridgehead atoms. The second-order valence-electron chi connectivity index (χ2n) is 8.39. The summed E-state index contributed by atoms with van der Waals surface area (Å²) in [6.07, 6.45) is -0.786. The highest BCUT2D eigenvalue weighted by Crippen LogP contribution is 2.44. The number of ether oxygens (including phenoxy) is 2. The number of fused-ring (bicyclic) bond motifs is 3. The fourth-order valence-corrected chi connectivity index (χ4v) is 4.82. The molecule has 1 heterocycles. The van der Waals surface area contributed by atoms with Crippen molar-refractivity contribution in [1.82, 2.24) is 10.3 Å². The number of nitrogens with zero attached hydrogens (tertiary/aromatic N) is 1. The van der Waals surface area contributed by atoms with Gasteiger partial charge in [0.2, 0.25) is 5.91 Å². The lowest BCUT2D eigenvalue weighted by Gasteiger charge is -2.25.